The first-order chi connectivity index (χ1) is 11.4. The summed E-state index contributed by atoms with van der Waals surface area (Å²) in [5.41, 5.74) is 1.52. The third kappa shape index (κ3) is 3.39. The second kappa shape index (κ2) is 6.45. The lowest BCUT2D eigenvalue weighted by Crippen LogP contribution is -2.37. The highest BCUT2D eigenvalue weighted by molar-refractivity contribution is 6.35. The number of carbonyl (C=O) groups excluding carboxylic acids is 1. The van der Waals surface area contributed by atoms with Gasteiger partial charge in [-0.05, 0) is 44.0 Å². The van der Waals surface area contributed by atoms with Crippen molar-refractivity contribution >= 4 is 35.1 Å². The molecular formula is C16H15Cl2N3O3. The third-order valence-corrected chi connectivity index (χ3v) is 4.34. The first-order valence-electron chi connectivity index (χ1n) is 7.41. The summed E-state index contributed by atoms with van der Waals surface area (Å²) in [7, 11) is 0. The van der Waals surface area contributed by atoms with Gasteiger partial charge in [-0.15, -0.1) is 0 Å². The lowest BCUT2D eigenvalue weighted by molar-refractivity contribution is -0.137. The number of aryl methyl sites for hydroxylation is 1. The van der Waals surface area contributed by atoms with Crippen molar-refractivity contribution < 1.29 is 14.7 Å². The minimum absolute atomic E-state index is 0.0156. The molecule has 1 aliphatic carbocycles. The van der Waals surface area contributed by atoms with Gasteiger partial charge in [0.1, 0.15) is 6.54 Å². The van der Waals surface area contributed by atoms with Crippen LogP contribution in [0.25, 0.3) is 5.69 Å². The molecule has 0 radical (unpaired) electrons. The summed E-state index contributed by atoms with van der Waals surface area (Å²) in [5.74, 6) is -1.42. The Morgan fingerprint density at radius 3 is 2.62 bits per heavy atom. The van der Waals surface area contributed by atoms with E-state index in [1.54, 1.807) is 35.9 Å². The topological polar surface area (TPSA) is 75.4 Å². The normalized spacial score (nSPS) is 13.8. The zero-order valence-corrected chi connectivity index (χ0v) is 14.4. The van der Waals surface area contributed by atoms with E-state index in [0.29, 0.717) is 21.4 Å². The number of aromatic nitrogens is 2. The van der Waals surface area contributed by atoms with E-state index in [2.05, 4.69) is 5.10 Å². The average molecular weight is 368 g/mol. The summed E-state index contributed by atoms with van der Waals surface area (Å²) in [6.45, 7) is 1.48. The Bertz CT molecular complexity index is 815. The van der Waals surface area contributed by atoms with Crippen molar-refractivity contribution in [1.82, 2.24) is 14.7 Å². The van der Waals surface area contributed by atoms with E-state index in [1.165, 1.54) is 4.90 Å². The molecule has 2 aromatic rings. The minimum atomic E-state index is -1.04. The Morgan fingerprint density at radius 1 is 1.33 bits per heavy atom. The number of halogens is 2. The van der Waals surface area contributed by atoms with Gasteiger partial charge in [0.15, 0.2) is 5.69 Å². The second-order valence-electron chi connectivity index (χ2n) is 5.74. The van der Waals surface area contributed by atoms with Crippen LogP contribution in [0.3, 0.4) is 0 Å². The number of benzene rings is 1. The van der Waals surface area contributed by atoms with E-state index in [1.807, 2.05) is 0 Å². The van der Waals surface area contributed by atoms with Crippen molar-refractivity contribution in [3.8, 4) is 5.69 Å². The van der Waals surface area contributed by atoms with E-state index in [0.717, 1.165) is 12.8 Å². The SMILES string of the molecule is Cc1cc(C(=O)N(CC(=O)O)C2CC2)nn1-c1ccc(Cl)cc1Cl. The first-order valence-corrected chi connectivity index (χ1v) is 8.17. The molecule has 24 heavy (non-hydrogen) atoms. The summed E-state index contributed by atoms with van der Waals surface area (Å²) in [6, 6.07) is 6.62. The number of rotatable bonds is 5. The molecule has 1 fully saturated rings. The fraction of sp³-hybridized carbons (Fsp3) is 0.312. The summed E-state index contributed by atoms with van der Waals surface area (Å²) in [5, 5.41) is 14.2. The maximum atomic E-state index is 12.6. The second-order valence-corrected chi connectivity index (χ2v) is 6.58. The Hall–Kier alpha value is -2.05. The van der Waals surface area contributed by atoms with Gasteiger partial charge in [0.05, 0.1) is 10.7 Å². The van der Waals surface area contributed by atoms with Crippen LogP contribution in [-0.4, -0.2) is 44.3 Å². The molecule has 0 bridgehead atoms. The highest BCUT2D eigenvalue weighted by atomic mass is 35.5. The van der Waals surface area contributed by atoms with Crippen LogP contribution in [0.4, 0.5) is 0 Å². The molecule has 0 spiro atoms. The maximum Gasteiger partial charge on any atom is 0.323 e. The standard InChI is InChI=1S/C16H15Cl2N3O3/c1-9-6-13(16(24)20(8-15(22)23)11-3-4-11)19-21(9)14-5-2-10(17)7-12(14)18/h2,5-7,11H,3-4,8H2,1H3,(H,22,23). The first kappa shape index (κ1) is 16.8. The van der Waals surface area contributed by atoms with Crippen LogP contribution >= 0.6 is 23.2 Å². The van der Waals surface area contributed by atoms with Crippen molar-refractivity contribution in [1.29, 1.82) is 0 Å². The van der Waals surface area contributed by atoms with Crippen molar-refractivity contribution in [3.63, 3.8) is 0 Å². The minimum Gasteiger partial charge on any atom is -0.480 e. The molecular weight excluding hydrogens is 353 g/mol. The average Bonchev–Trinajstić information content (AvgIpc) is 3.27. The van der Waals surface area contributed by atoms with Crippen LogP contribution in [0, 0.1) is 6.92 Å². The van der Waals surface area contributed by atoms with Crippen LogP contribution in [0.2, 0.25) is 10.0 Å². The molecule has 1 heterocycles. The van der Waals surface area contributed by atoms with Crippen molar-refractivity contribution in [2.24, 2.45) is 0 Å². The fourth-order valence-corrected chi connectivity index (χ4v) is 3.01. The van der Waals surface area contributed by atoms with E-state index >= 15 is 0 Å². The predicted octanol–water partition coefficient (Wildman–Crippen LogP) is 3.18. The van der Waals surface area contributed by atoms with Crippen molar-refractivity contribution in [2.75, 3.05) is 6.54 Å². The summed E-state index contributed by atoms with van der Waals surface area (Å²) in [4.78, 5) is 25.0. The molecule has 6 nitrogen and oxygen atoms in total. The Balaban J connectivity index is 1.93. The number of carboxylic acids is 1. The molecule has 1 aliphatic rings. The lowest BCUT2D eigenvalue weighted by atomic mass is 10.3. The van der Waals surface area contributed by atoms with Crippen molar-refractivity contribution in [2.45, 2.75) is 25.8 Å². The number of amides is 1. The maximum absolute atomic E-state index is 12.6. The van der Waals surface area contributed by atoms with Gasteiger partial charge in [0, 0.05) is 16.8 Å². The van der Waals surface area contributed by atoms with E-state index < -0.39 is 5.97 Å². The summed E-state index contributed by atoms with van der Waals surface area (Å²) < 4.78 is 1.55. The van der Waals surface area contributed by atoms with Gasteiger partial charge < -0.3 is 10.0 Å². The quantitative estimate of drug-likeness (QED) is 0.880. The number of hydrogen-bond donors (Lipinski definition) is 1. The van der Waals surface area contributed by atoms with Gasteiger partial charge in [0.2, 0.25) is 0 Å². The van der Waals surface area contributed by atoms with Crippen LogP contribution in [0.15, 0.2) is 24.3 Å². The number of nitrogens with zero attached hydrogens (tertiary/aromatic N) is 3. The lowest BCUT2D eigenvalue weighted by Gasteiger charge is -2.18. The number of aliphatic carboxylic acids is 1. The van der Waals surface area contributed by atoms with Gasteiger partial charge in [0.25, 0.3) is 5.91 Å². The molecule has 1 saturated carbocycles. The molecule has 3 rings (SSSR count). The highest BCUT2D eigenvalue weighted by Crippen LogP contribution is 2.29. The summed E-state index contributed by atoms with van der Waals surface area (Å²) >= 11 is 12.1. The van der Waals surface area contributed by atoms with Gasteiger partial charge in [-0.25, -0.2) is 4.68 Å². The van der Waals surface area contributed by atoms with Crippen LogP contribution < -0.4 is 0 Å². The largest absolute Gasteiger partial charge is 0.480 e. The van der Waals surface area contributed by atoms with Crippen LogP contribution in [0.1, 0.15) is 29.0 Å². The molecule has 0 atom stereocenters. The zero-order chi connectivity index (χ0) is 17.4. The number of carboxylic acid groups (broad SMARTS) is 1. The molecule has 1 aromatic heterocycles. The zero-order valence-electron chi connectivity index (χ0n) is 12.9. The fourth-order valence-electron chi connectivity index (χ4n) is 2.52. The molecule has 0 aliphatic heterocycles. The number of carbonyl (C=O) groups is 2. The number of hydrogen-bond acceptors (Lipinski definition) is 3. The molecule has 1 N–H and O–H groups in total. The van der Waals surface area contributed by atoms with Gasteiger partial charge in [-0.1, -0.05) is 23.2 Å². The highest BCUT2D eigenvalue weighted by Gasteiger charge is 2.35. The molecule has 0 saturated heterocycles. The molecule has 1 aromatic carbocycles. The summed E-state index contributed by atoms with van der Waals surface area (Å²) in [6.07, 6.45) is 1.64. The van der Waals surface area contributed by atoms with Crippen molar-refractivity contribution in [3.05, 3.63) is 45.7 Å². The van der Waals surface area contributed by atoms with Gasteiger partial charge in [-0.2, -0.15) is 5.10 Å². The van der Waals surface area contributed by atoms with Gasteiger partial charge >= 0.3 is 5.97 Å². The van der Waals surface area contributed by atoms with Crippen LogP contribution in [-0.2, 0) is 4.79 Å². The molecule has 0 unspecified atom stereocenters. The van der Waals surface area contributed by atoms with E-state index in [-0.39, 0.29) is 24.2 Å². The Labute approximate surface area is 148 Å². The smallest absolute Gasteiger partial charge is 0.323 e. The van der Waals surface area contributed by atoms with Crippen LogP contribution in [0.5, 0.6) is 0 Å². The molecule has 1 amide bonds. The van der Waals surface area contributed by atoms with E-state index in [4.69, 9.17) is 28.3 Å². The monoisotopic (exact) mass is 367 g/mol. The van der Waals surface area contributed by atoms with E-state index in [9.17, 15) is 9.59 Å². The Morgan fingerprint density at radius 2 is 2.04 bits per heavy atom. The molecule has 126 valence electrons. The predicted molar refractivity (Wildman–Crippen MR) is 90.0 cm³/mol. The third-order valence-electron chi connectivity index (χ3n) is 3.80. The Kier molecular flexibility index (Phi) is 4.51. The van der Waals surface area contributed by atoms with Gasteiger partial charge in [-0.3, -0.25) is 9.59 Å². The molecule has 8 heteroatoms.